The molecule has 0 heteroatoms. The van der Waals surface area contributed by atoms with E-state index in [-0.39, 0.29) is 0 Å². The minimum Gasteiger partial charge on any atom is -0.0984 e. The summed E-state index contributed by atoms with van der Waals surface area (Å²) < 4.78 is 0. The molecule has 2 aromatic carbocycles. The van der Waals surface area contributed by atoms with Gasteiger partial charge < -0.3 is 0 Å². The number of rotatable bonds is 2. The maximum absolute atomic E-state index is 3.98. The predicted molar refractivity (Wildman–Crippen MR) is 86.1 cm³/mol. The van der Waals surface area contributed by atoms with E-state index in [9.17, 15) is 0 Å². The highest BCUT2D eigenvalue weighted by Gasteiger charge is 2.07. The molecule has 0 radical (unpaired) electrons. The van der Waals surface area contributed by atoms with E-state index in [4.69, 9.17) is 0 Å². The third kappa shape index (κ3) is 1.77. The molecule has 0 atom stereocenters. The van der Waals surface area contributed by atoms with E-state index in [2.05, 4.69) is 61.7 Å². The average Bonchev–Trinajstić information content (AvgIpc) is 2.71. The molecule has 0 saturated heterocycles. The molecule has 0 fully saturated rings. The molecule has 0 bridgehead atoms. The molecule has 0 aromatic heterocycles. The lowest BCUT2D eigenvalue weighted by atomic mass is 9.94. The maximum Gasteiger partial charge on any atom is -0.00991 e. The molecule has 19 heavy (non-hydrogen) atoms. The van der Waals surface area contributed by atoms with Crippen molar-refractivity contribution in [1.82, 2.24) is 0 Å². The molecule has 2 aromatic rings. The van der Waals surface area contributed by atoms with Crippen LogP contribution >= 0.6 is 0 Å². The molecule has 0 amide bonds. The van der Waals surface area contributed by atoms with Gasteiger partial charge in [-0.3, -0.25) is 0 Å². The molecule has 0 unspecified atom stereocenters. The zero-order valence-corrected chi connectivity index (χ0v) is 10.9. The van der Waals surface area contributed by atoms with Crippen molar-refractivity contribution >= 4 is 35.1 Å². The van der Waals surface area contributed by atoms with Gasteiger partial charge in [0.2, 0.25) is 0 Å². The van der Waals surface area contributed by atoms with Crippen LogP contribution in [0.5, 0.6) is 0 Å². The molecule has 3 rings (SSSR count). The van der Waals surface area contributed by atoms with Crippen LogP contribution in [-0.2, 0) is 0 Å². The van der Waals surface area contributed by atoms with Gasteiger partial charge in [-0.15, -0.1) is 0 Å². The first-order valence-corrected chi connectivity index (χ1v) is 6.53. The van der Waals surface area contributed by atoms with Gasteiger partial charge in [-0.25, -0.2) is 0 Å². The monoisotopic (exact) mass is 244 g/mol. The van der Waals surface area contributed by atoms with Crippen molar-refractivity contribution in [3.63, 3.8) is 0 Å². The zero-order chi connectivity index (χ0) is 13.2. The summed E-state index contributed by atoms with van der Waals surface area (Å²) in [6.07, 6.45) is 13.6. The molecule has 1 aliphatic rings. The van der Waals surface area contributed by atoms with E-state index in [1.54, 1.807) is 0 Å². The van der Waals surface area contributed by atoms with Crippen LogP contribution < -0.4 is 10.4 Å². The normalized spacial score (nSPS) is 13.1. The van der Waals surface area contributed by atoms with Crippen molar-refractivity contribution in [2.45, 2.75) is 6.42 Å². The summed E-state index contributed by atoms with van der Waals surface area (Å²) in [4.78, 5) is 0. The molecule has 0 N–H and O–H groups in total. The van der Waals surface area contributed by atoms with Crippen LogP contribution in [0.4, 0.5) is 0 Å². The van der Waals surface area contributed by atoms with Gasteiger partial charge in [0.1, 0.15) is 0 Å². The van der Waals surface area contributed by atoms with Crippen molar-refractivity contribution in [2.24, 2.45) is 0 Å². The van der Waals surface area contributed by atoms with Gasteiger partial charge in [-0.1, -0.05) is 73.9 Å². The quantitative estimate of drug-likeness (QED) is 0.756. The molecule has 92 valence electrons. The summed E-state index contributed by atoms with van der Waals surface area (Å²) in [5.74, 6) is 0. The first kappa shape index (κ1) is 11.7. The molecule has 0 saturated carbocycles. The summed E-state index contributed by atoms with van der Waals surface area (Å²) in [5.41, 5.74) is 2.36. The number of fused-ring (bicyclic) bond motifs is 3. The first-order valence-electron chi connectivity index (χ1n) is 6.53. The Hall–Kier alpha value is -2.34. The van der Waals surface area contributed by atoms with E-state index < -0.39 is 0 Å². The molecule has 0 heterocycles. The second kappa shape index (κ2) is 4.74. The van der Waals surface area contributed by atoms with E-state index >= 15 is 0 Å². The summed E-state index contributed by atoms with van der Waals surface area (Å²) in [6.45, 7) is 7.96. The Balaban J connectivity index is 2.69. The highest BCUT2D eigenvalue weighted by molar-refractivity contribution is 5.95. The lowest BCUT2D eigenvalue weighted by Gasteiger charge is -2.10. The van der Waals surface area contributed by atoms with Crippen molar-refractivity contribution in [3.8, 4) is 0 Å². The lowest BCUT2D eigenvalue weighted by Crippen LogP contribution is -2.28. The Morgan fingerprint density at radius 2 is 1.63 bits per heavy atom. The number of allylic oxidation sites excluding steroid dienone is 2. The fourth-order valence-electron chi connectivity index (χ4n) is 2.80. The highest BCUT2D eigenvalue weighted by atomic mass is 14.1. The molecule has 0 aliphatic heterocycles. The lowest BCUT2D eigenvalue weighted by molar-refractivity contribution is 1.45. The largest absolute Gasteiger partial charge is 0.0984 e. The van der Waals surface area contributed by atoms with Gasteiger partial charge in [-0.05, 0) is 38.8 Å². The zero-order valence-electron chi connectivity index (χ0n) is 10.9. The van der Waals surface area contributed by atoms with Crippen molar-refractivity contribution in [2.75, 3.05) is 0 Å². The summed E-state index contributed by atoms with van der Waals surface area (Å²) in [6, 6.07) is 8.50. The molecular weight excluding hydrogens is 228 g/mol. The average molecular weight is 244 g/mol. The molecule has 1 aliphatic carbocycles. The summed E-state index contributed by atoms with van der Waals surface area (Å²) in [7, 11) is 0. The van der Waals surface area contributed by atoms with Crippen LogP contribution in [0.2, 0.25) is 0 Å². The third-order valence-corrected chi connectivity index (χ3v) is 3.64. The van der Waals surface area contributed by atoms with Gasteiger partial charge in [0.25, 0.3) is 0 Å². The third-order valence-electron chi connectivity index (χ3n) is 3.64. The van der Waals surface area contributed by atoms with Crippen molar-refractivity contribution in [1.29, 1.82) is 0 Å². The van der Waals surface area contributed by atoms with Crippen LogP contribution in [-0.4, -0.2) is 0 Å². The van der Waals surface area contributed by atoms with Crippen LogP contribution in [0.3, 0.4) is 0 Å². The number of hydrogen-bond donors (Lipinski definition) is 0. The highest BCUT2D eigenvalue weighted by Crippen LogP contribution is 2.19. The molecule has 0 spiro atoms. The first-order chi connectivity index (χ1) is 9.36. The van der Waals surface area contributed by atoms with Gasteiger partial charge in [0.05, 0.1) is 0 Å². The van der Waals surface area contributed by atoms with Gasteiger partial charge in [0, 0.05) is 0 Å². The van der Waals surface area contributed by atoms with Crippen LogP contribution in [0.15, 0.2) is 49.6 Å². The van der Waals surface area contributed by atoms with E-state index in [1.165, 1.54) is 32.3 Å². The maximum atomic E-state index is 3.98. The Kier molecular flexibility index (Phi) is 2.92. The smallest absolute Gasteiger partial charge is 0.00991 e. The van der Waals surface area contributed by atoms with Gasteiger partial charge in [-0.2, -0.15) is 0 Å². The van der Waals surface area contributed by atoms with Gasteiger partial charge in [0.15, 0.2) is 0 Å². The number of benzene rings is 2. The van der Waals surface area contributed by atoms with Crippen LogP contribution in [0.25, 0.3) is 35.1 Å². The topological polar surface area (TPSA) is 0 Å². The van der Waals surface area contributed by atoms with E-state index in [0.717, 1.165) is 6.42 Å². The molecule has 0 nitrogen and oxygen atoms in total. The fourth-order valence-corrected chi connectivity index (χ4v) is 2.80. The minimum atomic E-state index is 0.958. The minimum absolute atomic E-state index is 0.958. The second-order valence-corrected chi connectivity index (χ2v) is 4.64. The standard InChI is InChI=1S/C19H16/c1-3-14-15(4-2)17-12-8-9-13-19(17)18-11-7-5-6-10-16(14)18/h3-5,7-13H,1-2,6H2. The van der Waals surface area contributed by atoms with Crippen molar-refractivity contribution in [3.05, 3.63) is 71.1 Å². The second-order valence-electron chi connectivity index (χ2n) is 4.64. The van der Waals surface area contributed by atoms with Crippen LogP contribution in [0.1, 0.15) is 17.5 Å². The molecular formula is C19H16. The Bertz CT molecular complexity index is 817. The fraction of sp³-hybridized carbons (Fsp3) is 0.0526. The number of hydrogen-bond acceptors (Lipinski definition) is 0. The van der Waals surface area contributed by atoms with E-state index in [0.29, 0.717) is 0 Å². The van der Waals surface area contributed by atoms with Gasteiger partial charge >= 0.3 is 0 Å². The summed E-state index contributed by atoms with van der Waals surface area (Å²) in [5, 5.41) is 5.07. The van der Waals surface area contributed by atoms with Crippen LogP contribution in [0, 0.1) is 0 Å². The van der Waals surface area contributed by atoms with E-state index in [1.807, 2.05) is 12.2 Å². The predicted octanol–water partition coefficient (Wildman–Crippen LogP) is 3.65. The Morgan fingerprint density at radius 3 is 2.37 bits per heavy atom. The van der Waals surface area contributed by atoms with Crippen molar-refractivity contribution < 1.29 is 0 Å². The summed E-state index contributed by atoms with van der Waals surface area (Å²) >= 11 is 0. The SMILES string of the molecule is C=Cc1c(C=C)c2ccccc2c2c1=CCC=CC=2. The Labute approximate surface area is 113 Å². The Morgan fingerprint density at radius 1 is 0.895 bits per heavy atom.